The lowest BCUT2D eigenvalue weighted by Crippen LogP contribution is -2.22. The van der Waals surface area contributed by atoms with Crippen molar-refractivity contribution in [2.45, 2.75) is 6.54 Å². The van der Waals surface area contributed by atoms with Gasteiger partial charge in [-0.3, -0.25) is 9.78 Å². The lowest BCUT2D eigenvalue weighted by Gasteiger charge is -2.11. The molecule has 88 valence electrons. The Bertz CT molecular complexity index is 368. The van der Waals surface area contributed by atoms with E-state index in [1.165, 1.54) is 14.2 Å². The highest BCUT2D eigenvalue weighted by atomic mass is 16.5. The summed E-state index contributed by atoms with van der Waals surface area (Å²) in [4.78, 5) is 14.4. The lowest BCUT2D eigenvalue weighted by atomic mass is 10.3. The monoisotopic (exact) mass is 226 g/mol. The van der Waals surface area contributed by atoms with Crippen LogP contribution in [0.15, 0.2) is 12.3 Å². The molecule has 0 saturated carbocycles. The number of aromatic nitrogens is 1. The zero-order valence-electron chi connectivity index (χ0n) is 9.19. The van der Waals surface area contributed by atoms with Crippen molar-refractivity contribution in [1.82, 2.24) is 10.3 Å². The highest BCUT2D eigenvalue weighted by Crippen LogP contribution is 2.28. The van der Waals surface area contributed by atoms with Crippen molar-refractivity contribution in [3.63, 3.8) is 0 Å². The van der Waals surface area contributed by atoms with Crippen LogP contribution in [-0.4, -0.2) is 36.8 Å². The van der Waals surface area contributed by atoms with Gasteiger partial charge in [-0.15, -0.1) is 0 Å². The molecule has 1 aromatic rings. The molecule has 2 N–H and O–H groups in total. The molecule has 16 heavy (non-hydrogen) atoms. The first-order valence-electron chi connectivity index (χ1n) is 4.67. The van der Waals surface area contributed by atoms with E-state index in [9.17, 15) is 4.79 Å². The third-order valence-electron chi connectivity index (χ3n) is 1.93. The minimum atomic E-state index is -0.915. The van der Waals surface area contributed by atoms with Gasteiger partial charge in [0.1, 0.15) is 0 Å². The van der Waals surface area contributed by atoms with Crippen LogP contribution in [0, 0.1) is 0 Å². The number of hydrogen-bond donors (Lipinski definition) is 2. The van der Waals surface area contributed by atoms with Gasteiger partial charge in [0.25, 0.3) is 0 Å². The Morgan fingerprint density at radius 2 is 2.25 bits per heavy atom. The normalized spacial score (nSPS) is 9.88. The number of nitrogens with one attached hydrogen (secondary N) is 1. The van der Waals surface area contributed by atoms with E-state index < -0.39 is 5.97 Å². The number of rotatable bonds is 6. The highest BCUT2D eigenvalue weighted by molar-refractivity contribution is 5.69. The standard InChI is InChI=1S/C10H14N2O4/c1-15-8-3-4-12-7(10(8)16-2)5-11-6-9(13)14/h3-4,11H,5-6H2,1-2H3,(H,13,14). The summed E-state index contributed by atoms with van der Waals surface area (Å²) < 4.78 is 10.2. The predicted molar refractivity (Wildman–Crippen MR) is 56.7 cm³/mol. The average molecular weight is 226 g/mol. The Morgan fingerprint density at radius 1 is 1.50 bits per heavy atom. The van der Waals surface area contributed by atoms with Crippen molar-refractivity contribution in [3.8, 4) is 11.5 Å². The van der Waals surface area contributed by atoms with Crippen LogP contribution in [0.5, 0.6) is 11.5 Å². The van der Waals surface area contributed by atoms with Crippen molar-refractivity contribution in [2.24, 2.45) is 0 Å². The van der Waals surface area contributed by atoms with Crippen molar-refractivity contribution in [1.29, 1.82) is 0 Å². The van der Waals surface area contributed by atoms with Crippen LogP contribution in [0.25, 0.3) is 0 Å². The third-order valence-corrected chi connectivity index (χ3v) is 1.93. The molecule has 0 aromatic carbocycles. The van der Waals surface area contributed by atoms with Crippen molar-refractivity contribution >= 4 is 5.97 Å². The molecule has 1 heterocycles. The molecule has 0 aliphatic heterocycles. The molecule has 0 unspecified atom stereocenters. The van der Waals surface area contributed by atoms with Crippen molar-refractivity contribution in [3.05, 3.63) is 18.0 Å². The van der Waals surface area contributed by atoms with Gasteiger partial charge in [0.2, 0.25) is 0 Å². The summed E-state index contributed by atoms with van der Waals surface area (Å²) in [6.07, 6.45) is 1.58. The SMILES string of the molecule is COc1ccnc(CNCC(=O)O)c1OC. The first-order chi connectivity index (χ1) is 7.69. The van der Waals surface area contributed by atoms with Crippen LogP contribution in [0.2, 0.25) is 0 Å². The van der Waals surface area contributed by atoms with Crippen LogP contribution in [-0.2, 0) is 11.3 Å². The van der Waals surface area contributed by atoms with Gasteiger partial charge >= 0.3 is 5.97 Å². The molecule has 0 radical (unpaired) electrons. The van der Waals surface area contributed by atoms with E-state index in [4.69, 9.17) is 14.6 Å². The molecule has 0 fully saturated rings. The first kappa shape index (κ1) is 12.3. The smallest absolute Gasteiger partial charge is 0.317 e. The Balaban J connectivity index is 2.74. The number of pyridine rings is 1. The van der Waals surface area contributed by atoms with Crippen LogP contribution in [0.4, 0.5) is 0 Å². The van der Waals surface area contributed by atoms with Gasteiger partial charge in [0.15, 0.2) is 11.5 Å². The second-order valence-electron chi connectivity index (χ2n) is 2.99. The van der Waals surface area contributed by atoms with Crippen LogP contribution in [0.1, 0.15) is 5.69 Å². The van der Waals surface area contributed by atoms with E-state index in [1.807, 2.05) is 0 Å². The summed E-state index contributed by atoms with van der Waals surface area (Å²) in [6.45, 7) is 0.189. The summed E-state index contributed by atoms with van der Waals surface area (Å²) in [6, 6.07) is 1.68. The molecule has 0 aliphatic rings. The average Bonchev–Trinajstić information content (AvgIpc) is 2.28. The zero-order chi connectivity index (χ0) is 12.0. The molecule has 1 aromatic heterocycles. The number of hydrogen-bond acceptors (Lipinski definition) is 5. The first-order valence-corrected chi connectivity index (χ1v) is 4.67. The molecule has 0 amide bonds. The second-order valence-corrected chi connectivity index (χ2v) is 2.99. The zero-order valence-corrected chi connectivity index (χ0v) is 9.19. The van der Waals surface area contributed by atoms with Crippen LogP contribution < -0.4 is 14.8 Å². The van der Waals surface area contributed by atoms with Crippen LogP contribution in [0.3, 0.4) is 0 Å². The number of ether oxygens (including phenoxy) is 2. The van der Waals surface area contributed by atoms with Crippen molar-refractivity contribution < 1.29 is 19.4 Å². The predicted octanol–water partition coefficient (Wildman–Crippen LogP) is 0.273. The summed E-state index contributed by atoms with van der Waals surface area (Å²) in [5, 5.41) is 11.2. The van der Waals surface area contributed by atoms with Gasteiger partial charge in [-0.1, -0.05) is 0 Å². The maximum absolute atomic E-state index is 10.3. The largest absolute Gasteiger partial charge is 0.493 e. The summed E-state index contributed by atoms with van der Waals surface area (Å²) >= 11 is 0. The van der Waals surface area contributed by atoms with E-state index >= 15 is 0 Å². The minimum absolute atomic E-state index is 0.123. The molecule has 0 spiro atoms. The maximum Gasteiger partial charge on any atom is 0.317 e. The quantitative estimate of drug-likeness (QED) is 0.724. The molecule has 0 aliphatic carbocycles. The van der Waals surface area contributed by atoms with Gasteiger partial charge in [-0.2, -0.15) is 0 Å². The molecular formula is C10H14N2O4. The van der Waals surface area contributed by atoms with E-state index in [-0.39, 0.29) is 6.54 Å². The molecule has 0 saturated heterocycles. The fourth-order valence-electron chi connectivity index (χ4n) is 1.26. The van der Waals surface area contributed by atoms with Crippen LogP contribution >= 0.6 is 0 Å². The number of nitrogens with zero attached hydrogens (tertiary/aromatic N) is 1. The summed E-state index contributed by atoms with van der Waals surface area (Å²) in [5.41, 5.74) is 0.614. The Morgan fingerprint density at radius 3 is 2.81 bits per heavy atom. The molecular weight excluding hydrogens is 212 g/mol. The van der Waals surface area contributed by atoms with Crippen molar-refractivity contribution in [2.75, 3.05) is 20.8 Å². The number of carboxylic acids is 1. The topological polar surface area (TPSA) is 80.7 Å². The van der Waals surface area contributed by atoms with E-state index in [1.54, 1.807) is 12.3 Å². The van der Waals surface area contributed by atoms with Gasteiger partial charge < -0.3 is 19.9 Å². The van der Waals surface area contributed by atoms with Gasteiger partial charge in [0, 0.05) is 18.8 Å². The fraction of sp³-hybridized carbons (Fsp3) is 0.400. The summed E-state index contributed by atoms with van der Waals surface area (Å²) in [5.74, 6) is 0.175. The number of carbonyl (C=O) groups is 1. The Kier molecular flexibility index (Phi) is 4.53. The van der Waals surface area contributed by atoms with E-state index in [2.05, 4.69) is 10.3 Å². The van der Waals surface area contributed by atoms with Gasteiger partial charge in [-0.25, -0.2) is 0 Å². The summed E-state index contributed by atoms with van der Waals surface area (Å²) in [7, 11) is 3.05. The van der Waals surface area contributed by atoms with E-state index in [0.29, 0.717) is 23.7 Å². The molecule has 6 heteroatoms. The fourth-order valence-corrected chi connectivity index (χ4v) is 1.26. The number of methoxy groups -OCH3 is 2. The lowest BCUT2D eigenvalue weighted by molar-refractivity contribution is -0.136. The Labute approximate surface area is 93.2 Å². The minimum Gasteiger partial charge on any atom is -0.493 e. The highest BCUT2D eigenvalue weighted by Gasteiger charge is 2.10. The molecule has 6 nitrogen and oxygen atoms in total. The van der Waals surface area contributed by atoms with E-state index in [0.717, 1.165) is 0 Å². The Hall–Kier alpha value is -1.82. The third kappa shape index (κ3) is 3.09. The molecule has 1 rings (SSSR count). The van der Waals surface area contributed by atoms with Gasteiger partial charge in [0.05, 0.1) is 26.5 Å². The maximum atomic E-state index is 10.3. The molecule has 0 bridgehead atoms. The number of aliphatic carboxylic acids is 1. The van der Waals surface area contributed by atoms with Gasteiger partial charge in [-0.05, 0) is 0 Å². The molecule has 0 atom stereocenters. The second kappa shape index (κ2) is 5.92. The number of carboxylic acid groups (broad SMARTS) is 1.